The number of carbonyl (C=O) groups excluding carboxylic acids is 1. The Balaban J connectivity index is 2.25. The molecule has 1 saturated heterocycles. The van der Waals surface area contributed by atoms with E-state index in [1.165, 1.54) is 0 Å². The number of rotatable bonds is 3. The highest BCUT2D eigenvalue weighted by molar-refractivity contribution is 5.83. The Hall–Kier alpha value is -1.62. The Bertz CT molecular complexity index is 393. The molecule has 2 rings (SSSR count). The van der Waals surface area contributed by atoms with Crippen molar-refractivity contribution < 1.29 is 4.79 Å². The fourth-order valence-electron chi connectivity index (χ4n) is 2.08. The maximum atomic E-state index is 11.3. The van der Waals surface area contributed by atoms with Crippen LogP contribution in [0, 0.1) is 0 Å². The number of hydrogen-bond donors (Lipinski definition) is 2. The second kappa shape index (κ2) is 4.49. The van der Waals surface area contributed by atoms with Crippen LogP contribution in [0.2, 0.25) is 0 Å². The smallest absolute Gasteiger partial charge is 0.240 e. The van der Waals surface area contributed by atoms with Gasteiger partial charge in [-0.15, -0.1) is 0 Å². The zero-order chi connectivity index (χ0) is 11.5. The van der Waals surface area contributed by atoms with Crippen molar-refractivity contribution in [2.45, 2.75) is 25.4 Å². The number of aromatic nitrogens is 1. The van der Waals surface area contributed by atoms with Gasteiger partial charge in [0.1, 0.15) is 11.9 Å². The van der Waals surface area contributed by atoms with Gasteiger partial charge in [-0.1, -0.05) is 6.07 Å². The third kappa shape index (κ3) is 1.99. The summed E-state index contributed by atoms with van der Waals surface area (Å²) in [5, 5.41) is 0. The third-order valence-electron chi connectivity index (χ3n) is 2.88. The van der Waals surface area contributed by atoms with Gasteiger partial charge in [-0.25, -0.2) is 4.98 Å². The number of anilines is 1. The van der Waals surface area contributed by atoms with E-state index in [1.807, 2.05) is 23.1 Å². The minimum Gasteiger partial charge on any atom is -0.368 e. The summed E-state index contributed by atoms with van der Waals surface area (Å²) >= 11 is 0. The van der Waals surface area contributed by atoms with E-state index in [1.54, 1.807) is 0 Å². The van der Waals surface area contributed by atoms with E-state index in [0.29, 0.717) is 6.54 Å². The molecule has 16 heavy (non-hydrogen) atoms. The molecule has 2 heterocycles. The van der Waals surface area contributed by atoms with E-state index in [-0.39, 0.29) is 11.9 Å². The molecule has 1 fully saturated rings. The van der Waals surface area contributed by atoms with Gasteiger partial charge in [-0.2, -0.15) is 0 Å². The van der Waals surface area contributed by atoms with Crippen molar-refractivity contribution >= 4 is 11.7 Å². The molecule has 86 valence electrons. The van der Waals surface area contributed by atoms with Crippen LogP contribution < -0.4 is 16.4 Å². The highest BCUT2D eigenvalue weighted by Crippen LogP contribution is 2.23. The molecule has 1 aromatic heterocycles. The Kier molecular flexibility index (Phi) is 3.05. The minimum absolute atomic E-state index is 0.222. The van der Waals surface area contributed by atoms with Gasteiger partial charge in [0.15, 0.2) is 0 Å². The summed E-state index contributed by atoms with van der Waals surface area (Å²) in [4.78, 5) is 17.6. The number of nitrogens with zero attached hydrogens (tertiary/aromatic N) is 2. The van der Waals surface area contributed by atoms with E-state index in [9.17, 15) is 4.79 Å². The van der Waals surface area contributed by atoms with Crippen LogP contribution in [-0.2, 0) is 11.3 Å². The molecule has 1 aliphatic heterocycles. The monoisotopic (exact) mass is 220 g/mol. The quantitative estimate of drug-likeness (QED) is 0.750. The molecule has 1 aromatic rings. The van der Waals surface area contributed by atoms with Crippen LogP contribution in [0.4, 0.5) is 5.82 Å². The first-order valence-corrected chi connectivity index (χ1v) is 5.44. The molecule has 0 bridgehead atoms. The molecule has 1 unspecified atom stereocenters. The first kappa shape index (κ1) is 10.9. The summed E-state index contributed by atoms with van der Waals surface area (Å²) in [6.07, 6.45) is 1.78. The molecule has 0 aliphatic carbocycles. The van der Waals surface area contributed by atoms with Crippen LogP contribution in [0.25, 0.3) is 0 Å². The molecule has 0 aromatic carbocycles. The predicted octanol–water partition coefficient (Wildman–Crippen LogP) is -0.00560. The molecule has 1 atom stereocenters. The van der Waals surface area contributed by atoms with Crippen molar-refractivity contribution in [3.05, 3.63) is 23.9 Å². The summed E-state index contributed by atoms with van der Waals surface area (Å²) in [6, 6.07) is 5.45. The predicted molar refractivity (Wildman–Crippen MR) is 61.7 cm³/mol. The van der Waals surface area contributed by atoms with Crippen LogP contribution in [0.15, 0.2) is 18.2 Å². The van der Waals surface area contributed by atoms with Crippen LogP contribution >= 0.6 is 0 Å². The summed E-state index contributed by atoms with van der Waals surface area (Å²) in [6.45, 7) is 1.23. The number of amides is 1. The minimum atomic E-state index is -0.280. The van der Waals surface area contributed by atoms with E-state index in [0.717, 1.165) is 30.9 Å². The molecular weight excluding hydrogens is 204 g/mol. The number of pyridine rings is 1. The summed E-state index contributed by atoms with van der Waals surface area (Å²) in [7, 11) is 0. The fraction of sp³-hybridized carbons (Fsp3) is 0.455. The normalized spacial score (nSPS) is 20.1. The lowest BCUT2D eigenvalue weighted by atomic mass is 10.2. The number of nitrogens with two attached hydrogens (primary N) is 2. The topological polar surface area (TPSA) is 85.2 Å². The van der Waals surface area contributed by atoms with Gasteiger partial charge >= 0.3 is 0 Å². The van der Waals surface area contributed by atoms with Gasteiger partial charge < -0.3 is 16.4 Å². The second-order valence-electron chi connectivity index (χ2n) is 3.95. The van der Waals surface area contributed by atoms with Gasteiger partial charge in [0.25, 0.3) is 0 Å². The van der Waals surface area contributed by atoms with Crippen molar-refractivity contribution in [1.82, 2.24) is 4.98 Å². The van der Waals surface area contributed by atoms with Crippen LogP contribution in [0.3, 0.4) is 0 Å². The summed E-state index contributed by atoms with van der Waals surface area (Å²) < 4.78 is 0. The maximum Gasteiger partial charge on any atom is 0.240 e. The third-order valence-corrected chi connectivity index (χ3v) is 2.88. The van der Waals surface area contributed by atoms with Gasteiger partial charge in [0, 0.05) is 13.1 Å². The lowest BCUT2D eigenvalue weighted by Gasteiger charge is -2.23. The molecule has 5 heteroatoms. The van der Waals surface area contributed by atoms with Gasteiger partial charge in [0.2, 0.25) is 5.91 Å². The molecule has 1 aliphatic rings. The number of carbonyl (C=O) groups is 1. The Morgan fingerprint density at radius 3 is 3.06 bits per heavy atom. The molecule has 1 amide bonds. The van der Waals surface area contributed by atoms with Crippen LogP contribution in [0.1, 0.15) is 18.5 Å². The zero-order valence-corrected chi connectivity index (χ0v) is 9.10. The fourth-order valence-corrected chi connectivity index (χ4v) is 2.08. The number of primary amides is 1. The zero-order valence-electron chi connectivity index (χ0n) is 9.10. The maximum absolute atomic E-state index is 11.3. The van der Waals surface area contributed by atoms with Crippen molar-refractivity contribution in [2.24, 2.45) is 11.5 Å². The van der Waals surface area contributed by atoms with Crippen molar-refractivity contribution in [1.29, 1.82) is 0 Å². The highest BCUT2D eigenvalue weighted by atomic mass is 16.1. The average Bonchev–Trinajstić information content (AvgIpc) is 2.78. The molecule has 0 spiro atoms. The summed E-state index contributed by atoms with van der Waals surface area (Å²) in [5.41, 5.74) is 11.7. The lowest BCUT2D eigenvalue weighted by molar-refractivity contribution is -0.119. The van der Waals surface area contributed by atoms with Crippen LogP contribution in [0.5, 0.6) is 0 Å². The molecule has 4 N–H and O–H groups in total. The molecule has 5 nitrogen and oxygen atoms in total. The molecular formula is C11H16N4O. The van der Waals surface area contributed by atoms with Crippen LogP contribution in [-0.4, -0.2) is 23.5 Å². The van der Waals surface area contributed by atoms with Crippen molar-refractivity contribution in [3.63, 3.8) is 0 Å². The van der Waals surface area contributed by atoms with Gasteiger partial charge in [0.05, 0.1) is 5.69 Å². The van der Waals surface area contributed by atoms with Crippen molar-refractivity contribution in [2.75, 3.05) is 11.4 Å². The first-order chi connectivity index (χ1) is 7.72. The number of hydrogen-bond acceptors (Lipinski definition) is 4. The second-order valence-corrected chi connectivity index (χ2v) is 3.95. The Morgan fingerprint density at radius 2 is 2.38 bits per heavy atom. The van der Waals surface area contributed by atoms with E-state index >= 15 is 0 Å². The molecule has 0 radical (unpaired) electrons. The average molecular weight is 220 g/mol. The van der Waals surface area contributed by atoms with Crippen molar-refractivity contribution in [3.8, 4) is 0 Å². The van der Waals surface area contributed by atoms with E-state index in [2.05, 4.69) is 4.98 Å². The standard InChI is InChI=1S/C11H16N4O/c12-7-8-3-1-5-10(14-8)15-6-2-4-9(15)11(13)16/h1,3,5,9H,2,4,6-7,12H2,(H2,13,16). The van der Waals surface area contributed by atoms with Gasteiger partial charge in [-0.3, -0.25) is 4.79 Å². The van der Waals surface area contributed by atoms with Gasteiger partial charge in [-0.05, 0) is 25.0 Å². The summed E-state index contributed by atoms with van der Waals surface area (Å²) in [5.74, 6) is 0.515. The lowest BCUT2D eigenvalue weighted by Crippen LogP contribution is -2.40. The Morgan fingerprint density at radius 1 is 1.56 bits per heavy atom. The Labute approximate surface area is 94.4 Å². The first-order valence-electron chi connectivity index (χ1n) is 5.44. The largest absolute Gasteiger partial charge is 0.368 e. The SMILES string of the molecule is NCc1cccc(N2CCCC2C(N)=O)n1. The molecule has 0 saturated carbocycles. The highest BCUT2D eigenvalue weighted by Gasteiger charge is 2.29. The van der Waals surface area contributed by atoms with E-state index < -0.39 is 0 Å². The van der Waals surface area contributed by atoms with E-state index in [4.69, 9.17) is 11.5 Å².